The summed E-state index contributed by atoms with van der Waals surface area (Å²) in [6.07, 6.45) is 22.4. The Balaban J connectivity index is 0.00000341. The highest BCUT2D eigenvalue weighted by Crippen LogP contribution is 2.50. The molecule has 1 spiro atoms. The molecule has 1 saturated carbocycles. The van der Waals surface area contributed by atoms with E-state index in [2.05, 4.69) is 129 Å². The summed E-state index contributed by atoms with van der Waals surface area (Å²) in [6, 6.07) is 9.78. The topological polar surface area (TPSA) is 33.4 Å². The molecule has 3 aliphatic heterocycles. The number of hydrogen-bond acceptors (Lipinski definition) is 2. The van der Waals surface area contributed by atoms with Crippen molar-refractivity contribution >= 4 is 12.4 Å². The molecule has 1 saturated heterocycles. The molecule has 6 rings (SSSR count). The molecular weight excluding hydrogens is 866 g/mol. The predicted octanol–water partition coefficient (Wildman–Crippen LogP) is -2.46. The maximum atomic E-state index is 7.68. The van der Waals surface area contributed by atoms with Crippen molar-refractivity contribution in [3.63, 3.8) is 0 Å². The lowest BCUT2D eigenvalue weighted by Crippen LogP contribution is -3.11. The van der Waals surface area contributed by atoms with E-state index in [1.54, 1.807) is 9.80 Å². The molecule has 3 atom stereocenters. The number of rotatable bonds is 20. The van der Waals surface area contributed by atoms with Gasteiger partial charge >= 0.3 is 6.03 Å². The quantitative estimate of drug-likeness (QED) is 0.145. The minimum Gasteiger partial charge on any atom is -1.00 e. The molecule has 6 nitrogen and oxygen atoms in total. The molecule has 2 aromatic rings. The van der Waals surface area contributed by atoms with Gasteiger partial charge in [0.25, 0.3) is 0 Å². The fraction of sp³-hybridized carbons (Fsp3) is 0.736. The number of fused-ring (bicyclic) bond motifs is 5. The number of nitrogens with one attached hydrogen (secondary N) is 2. The molecule has 360 valence electrons. The number of unbranched alkanes of at least 4 members (excludes halogenated alkanes) is 2. The first kappa shape index (κ1) is 57.6. The molecule has 4 aliphatic rings. The summed E-state index contributed by atoms with van der Waals surface area (Å²) < 4.78 is 20.4. The van der Waals surface area contributed by atoms with Crippen LogP contribution in [0, 0.1) is 0 Å². The van der Waals surface area contributed by atoms with Gasteiger partial charge in [0.2, 0.25) is 12.1 Å². The summed E-state index contributed by atoms with van der Waals surface area (Å²) in [5.41, 5.74) is 7.93. The molecule has 0 aromatic heterocycles. The molecule has 3 unspecified atom stereocenters. The zero-order valence-electron chi connectivity index (χ0n) is 41.6. The van der Waals surface area contributed by atoms with Gasteiger partial charge in [-0.15, -0.1) is 0 Å². The molecule has 0 bridgehead atoms. The first-order chi connectivity index (χ1) is 28.2. The second kappa shape index (κ2) is 25.0. The fourth-order valence-corrected chi connectivity index (χ4v) is 11.1. The SMILES string of the molecule is CCCCC(CCCC)c1cc2c(c(C(C)(C)C)c1)OC13Oc4c(cc(C(CCC[NH+](CC)CC)CCC[NH+](CC)CC)cc4C(C)(C)C)C=[N+]1C1CCCCC1[N+]3=C2.[Cl-].[Cl-].[Cl-].[Cl-]. The number of nitrogens with zero attached hydrogens (tertiary/aromatic N) is 2. The third-order valence-electron chi connectivity index (χ3n) is 14.9. The lowest BCUT2D eigenvalue weighted by Gasteiger charge is -2.34. The van der Waals surface area contributed by atoms with Crippen LogP contribution in [0.2, 0.25) is 0 Å². The molecule has 0 radical (unpaired) electrons. The van der Waals surface area contributed by atoms with Crippen LogP contribution in [0.1, 0.15) is 218 Å². The number of quaternary nitrogens is 2. The Morgan fingerprint density at radius 1 is 0.556 bits per heavy atom. The summed E-state index contributed by atoms with van der Waals surface area (Å²) in [5.74, 6) is 3.16. The highest BCUT2D eigenvalue weighted by atomic mass is 35.5. The summed E-state index contributed by atoms with van der Waals surface area (Å²) >= 11 is 0. The van der Waals surface area contributed by atoms with E-state index >= 15 is 0 Å². The van der Waals surface area contributed by atoms with Gasteiger partial charge < -0.3 is 68.9 Å². The highest BCUT2D eigenvalue weighted by Gasteiger charge is 2.77. The summed E-state index contributed by atoms with van der Waals surface area (Å²) in [6.45, 7) is 35.6. The molecule has 63 heavy (non-hydrogen) atoms. The van der Waals surface area contributed by atoms with Crippen LogP contribution in [0.15, 0.2) is 24.3 Å². The molecule has 3 heterocycles. The Labute approximate surface area is 410 Å². The molecule has 2 N–H and O–H groups in total. The largest absolute Gasteiger partial charge is 1.00 e. The van der Waals surface area contributed by atoms with Gasteiger partial charge in [0.1, 0.15) is 0 Å². The predicted molar refractivity (Wildman–Crippen MR) is 248 cm³/mol. The average Bonchev–Trinajstić information content (AvgIpc) is 3.48. The van der Waals surface area contributed by atoms with Gasteiger partial charge in [-0.25, -0.2) is 0 Å². The van der Waals surface area contributed by atoms with Crippen molar-refractivity contribution in [3.8, 4) is 11.5 Å². The maximum Gasteiger partial charge on any atom is 0.704 e. The van der Waals surface area contributed by atoms with Crippen LogP contribution in [-0.4, -0.2) is 79.0 Å². The van der Waals surface area contributed by atoms with Crippen molar-refractivity contribution in [1.29, 1.82) is 0 Å². The Hall–Kier alpha value is -1.54. The number of halogens is 4. The van der Waals surface area contributed by atoms with E-state index in [-0.39, 0.29) is 60.5 Å². The normalized spacial score (nSPS) is 19.8. The maximum absolute atomic E-state index is 7.68. The van der Waals surface area contributed by atoms with Crippen molar-refractivity contribution in [2.45, 2.75) is 214 Å². The lowest BCUT2D eigenvalue weighted by atomic mass is 9.80. The molecule has 10 heteroatoms. The monoisotopic (exact) mass is 953 g/mol. The van der Waals surface area contributed by atoms with E-state index in [1.165, 1.54) is 150 Å². The minimum atomic E-state index is -1.04. The van der Waals surface area contributed by atoms with Gasteiger partial charge in [0.15, 0.2) is 23.9 Å². The first-order valence-electron chi connectivity index (χ1n) is 24.9. The van der Waals surface area contributed by atoms with Crippen molar-refractivity contribution in [2.75, 3.05) is 39.3 Å². The van der Waals surface area contributed by atoms with E-state index in [0.717, 1.165) is 24.3 Å². The molecule has 1 aliphatic carbocycles. The van der Waals surface area contributed by atoms with Gasteiger partial charge in [-0.3, -0.25) is 0 Å². The molecule has 2 fully saturated rings. The van der Waals surface area contributed by atoms with E-state index in [0.29, 0.717) is 23.9 Å². The van der Waals surface area contributed by atoms with Gasteiger partial charge in [-0.05, 0) is 125 Å². The van der Waals surface area contributed by atoms with Crippen molar-refractivity contribution < 1.29 is 78.1 Å². The molecular formula is C53H88Cl4N4O2. The fourth-order valence-electron chi connectivity index (χ4n) is 11.1. The van der Waals surface area contributed by atoms with E-state index in [9.17, 15) is 0 Å². The summed E-state index contributed by atoms with van der Waals surface area (Å²) in [5, 5.41) is 0. The Morgan fingerprint density at radius 3 is 1.22 bits per heavy atom. The minimum absolute atomic E-state index is 0. The third kappa shape index (κ3) is 12.7. The summed E-state index contributed by atoms with van der Waals surface area (Å²) in [4.78, 5) is 3.43. The van der Waals surface area contributed by atoms with E-state index in [4.69, 9.17) is 9.47 Å². The first-order valence-corrected chi connectivity index (χ1v) is 24.9. The van der Waals surface area contributed by atoms with Crippen LogP contribution in [0.25, 0.3) is 0 Å². The van der Waals surface area contributed by atoms with Crippen LogP contribution in [0.5, 0.6) is 11.5 Å². The zero-order valence-corrected chi connectivity index (χ0v) is 44.7. The second-order valence-corrected chi connectivity index (χ2v) is 21.1. The van der Waals surface area contributed by atoms with E-state index < -0.39 is 6.03 Å². The van der Waals surface area contributed by atoms with Gasteiger partial charge in [-0.1, -0.05) is 102 Å². The van der Waals surface area contributed by atoms with Crippen LogP contribution in [-0.2, 0) is 10.8 Å². The number of benzene rings is 2. The standard InChI is InChI=1S/C53H86N4O2.4ClH/c1-13-19-25-39(26-20-14-2)41-33-43-37-56-47-29-21-22-30-48(47)57-38-44-34-42(40(27-23-31-54(15-3)16-4)28-24-32-55(17-5)18-6)36-46(52(10,11)12)50(44)59-53(56,57)58-49(43)45(35-41)51(7,8)9;;;;/h33-40,47-48H,13-32H2,1-12H3;4*1H/q+2;;;;/p-2. The van der Waals surface area contributed by atoms with Crippen LogP contribution in [0.4, 0.5) is 0 Å². The molecule has 0 amide bonds. The Bertz CT molecular complexity index is 1770. The lowest BCUT2D eigenvalue weighted by molar-refractivity contribution is -0.896. The van der Waals surface area contributed by atoms with Gasteiger partial charge in [0.05, 0.1) is 50.4 Å². The highest BCUT2D eigenvalue weighted by molar-refractivity contribution is 5.85. The van der Waals surface area contributed by atoms with Crippen LogP contribution < -0.4 is 68.9 Å². The second-order valence-electron chi connectivity index (χ2n) is 21.1. The zero-order chi connectivity index (χ0) is 42.5. The van der Waals surface area contributed by atoms with Crippen LogP contribution in [0.3, 0.4) is 0 Å². The number of ether oxygens (including phenoxy) is 2. The smallest absolute Gasteiger partial charge is 0.704 e. The van der Waals surface area contributed by atoms with Crippen LogP contribution >= 0.6 is 0 Å². The van der Waals surface area contributed by atoms with Crippen molar-refractivity contribution in [1.82, 2.24) is 0 Å². The number of hydrogen-bond donors (Lipinski definition) is 2. The van der Waals surface area contributed by atoms with Gasteiger partial charge in [-0.2, -0.15) is 0 Å². The van der Waals surface area contributed by atoms with E-state index in [1.807, 2.05) is 0 Å². The van der Waals surface area contributed by atoms with Crippen molar-refractivity contribution in [3.05, 3.63) is 57.6 Å². The van der Waals surface area contributed by atoms with Crippen molar-refractivity contribution in [2.24, 2.45) is 0 Å². The Kier molecular flexibility index (Phi) is 22.9. The van der Waals surface area contributed by atoms with Gasteiger partial charge in [0, 0.05) is 24.0 Å². The molecule has 2 aromatic carbocycles. The summed E-state index contributed by atoms with van der Waals surface area (Å²) in [7, 11) is 0. The average molecular weight is 955 g/mol. The Morgan fingerprint density at radius 2 is 0.905 bits per heavy atom. The third-order valence-corrected chi connectivity index (χ3v) is 14.9.